The second-order valence-electron chi connectivity index (χ2n) is 11.3. The Morgan fingerprint density at radius 1 is 1.05 bits per heavy atom. The number of Topliss-reactive ketones (excluding diaryl/α,β-unsaturated/α-hetero) is 1. The van der Waals surface area contributed by atoms with Crippen LogP contribution < -0.4 is 14.2 Å². The molecule has 2 aliphatic rings. The number of aromatic nitrogens is 1. The largest absolute Gasteiger partial charge is 0.508 e. The highest BCUT2D eigenvalue weighted by Gasteiger charge is 2.38. The summed E-state index contributed by atoms with van der Waals surface area (Å²) in [5, 5.41) is 34.5. The van der Waals surface area contributed by atoms with Crippen molar-refractivity contribution in [2.75, 3.05) is 20.3 Å². The lowest BCUT2D eigenvalue weighted by atomic mass is 9.77. The maximum atomic E-state index is 13.8. The number of H-pyrrole nitrogens is 1. The van der Waals surface area contributed by atoms with E-state index in [0.29, 0.717) is 24.2 Å². The smallest absolute Gasteiger partial charge is 0.204 e. The molecule has 0 spiro atoms. The second kappa shape index (κ2) is 10.9. The first-order valence-electron chi connectivity index (χ1n) is 14.7. The molecule has 1 aliphatic heterocycles. The zero-order valence-electron chi connectivity index (χ0n) is 23.9. The topological polar surface area (TPSA) is 121 Å². The molecule has 2 atom stereocenters. The number of carbonyl (C=O) groups excluding carboxylic acids is 1. The Labute approximate surface area is 248 Å². The van der Waals surface area contributed by atoms with Gasteiger partial charge in [-0.3, -0.25) is 4.79 Å². The number of phenolic OH excluding ortho intramolecular Hbond substituents is 2. The molecular weight excluding hydrogens is 546 g/mol. The molecule has 1 aromatic heterocycles. The number of hydrogen-bond acceptors (Lipinski definition) is 7. The minimum absolute atomic E-state index is 0.0567. The van der Waals surface area contributed by atoms with Gasteiger partial charge in [-0.15, -0.1) is 0 Å². The van der Waals surface area contributed by atoms with Crippen LogP contribution in [0.5, 0.6) is 28.7 Å². The van der Waals surface area contributed by atoms with E-state index < -0.39 is 6.10 Å². The van der Waals surface area contributed by atoms with Gasteiger partial charge in [-0.2, -0.15) is 0 Å². The first kappa shape index (κ1) is 27.2. The lowest BCUT2D eigenvalue weighted by Gasteiger charge is -2.32. The van der Waals surface area contributed by atoms with Crippen molar-refractivity contribution in [1.29, 1.82) is 0 Å². The van der Waals surface area contributed by atoms with Crippen molar-refractivity contribution in [3.63, 3.8) is 0 Å². The van der Waals surface area contributed by atoms with Crippen molar-refractivity contribution < 1.29 is 34.3 Å². The van der Waals surface area contributed by atoms with Crippen molar-refractivity contribution in [1.82, 2.24) is 4.98 Å². The van der Waals surface area contributed by atoms with E-state index in [1.807, 2.05) is 6.20 Å². The number of aromatic hydroxyl groups is 2. The van der Waals surface area contributed by atoms with Crippen molar-refractivity contribution in [2.45, 2.75) is 44.1 Å². The summed E-state index contributed by atoms with van der Waals surface area (Å²) in [7, 11) is 1.44. The van der Waals surface area contributed by atoms with Gasteiger partial charge in [0.25, 0.3) is 0 Å². The molecular formula is C35H33NO7. The monoisotopic (exact) mass is 579 g/mol. The Kier molecular flexibility index (Phi) is 6.86. The molecule has 8 heteroatoms. The summed E-state index contributed by atoms with van der Waals surface area (Å²) >= 11 is 0. The quantitative estimate of drug-likeness (QED) is 0.155. The fraction of sp³-hybridized carbons (Fsp3) is 0.286. The minimum atomic E-state index is -0.602. The van der Waals surface area contributed by atoms with Crippen LogP contribution in [0.4, 0.5) is 0 Å². The maximum absolute atomic E-state index is 13.8. The van der Waals surface area contributed by atoms with Gasteiger partial charge in [0.2, 0.25) is 5.75 Å². The van der Waals surface area contributed by atoms with Crippen LogP contribution in [0.1, 0.15) is 63.9 Å². The molecule has 5 aromatic rings. The molecule has 220 valence electrons. The van der Waals surface area contributed by atoms with Gasteiger partial charge in [0.1, 0.15) is 23.2 Å². The van der Waals surface area contributed by atoms with Crippen molar-refractivity contribution in [3.05, 3.63) is 88.6 Å². The van der Waals surface area contributed by atoms with Crippen LogP contribution in [-0.4, -0.2) is 46.4 Å². The molecule has 0 bridgehead atoms. The molecule has 0 amide bonds. The van der Waals surface area contributed by atoms with Gasteiger partial charge in [0, 0.05) is 35.7 Å². The number of aryl methyl sites for hydroxylation is 1. The number of aromatic amines is 1. The molecule has 0 saturated carbocycles. The Morgan fingerprint density at radius 3 is 2.67 bits per heavy atom. The van der Waals surface area contributed by atoms with Crippen LogP contribution in [0.2, 0.25) is 0 Å². The number of fused-ring (bicyclic) bond motifs is 3. The van der Waals surface area contributed by atoms with Crippen LogP contribution >= 0.6 is 0 Å². The standard InChI is InChI=1S/C35H33NO7/c1-41-35-32(40)26(16-20-6-7-21-17-27-24(12-13-36-27)25-5-2-4-23(20)30(21)25)33-31(34(35)42-15-3-14-37)28(39)18-29(43-33)19-8-10-22(38)11-9-19/h2,4-5,8-13,17,20,29,36-38,40H,3,6-7,14-16,18H2,1H3. The fourth-order valence-corrected chi connectivity index (χ4v) is 6.80. The maximum Gasteiger partial charge on any atom is 0.204 e. The third-order valence-electron chi connectivity index (χ3n) is 8.82. The van der Waals surface area contributed by atoms with Gasteiger partial charge in [0.05, 0.1) is 20.1 Å². The second-order valence-corrected chi connectivity index (χ2v) is 11.3. The zero-order valence-corrected chi connectivity index (χ0v) is 23.9. The molecule has 4 N–H and O–H groups in total. The number of hydrogen-bond donors (Lipinski definition) is 4. The number of phenols is 2. The zero-order chi connectivity index (χ0) is 29.7. The lowest BCUT2D eigenvalue weighted by Crippen LogP contribution is -2.24. The number of rotatable bonds is 8. The number of aliphatic hydroxyl groups is 1. The fourth-order valence-electron chi connectivity index (χ4n) is 6.80. The van der Waals surface area contributed by atoms with Gasteiger partial charge >= 0.3 is 0 Å². The van der Waals surface area contributed by atoms with Crippen LogP contribution in [0.25, 0.3) is 21.7 Å². The third kappa shape index (κ3) is 4.53. The van der Waals surface area contributed by atoms with E-state index in [4.69, 9.17) is 14.2 Å². The number of carbonyl (C=O) groups is 1. The number of methoxy groups -OCH3 is 1. The number of nitrogens with one attached hydrogen (secondary N) is 1. The summed E-state index contributed by atoms with van der Waals surface area (Å²) in [6.45, 7) is 0.0630. The van der Waals surface area contributed by atoms with E-state index in [-0.39, 0.29) is 59.9 Å². The molecule has 2 heterocycles. The SMILES string of the molecule is COc1c(O)c(CC2CCc3cc4[nH]ccc4c4cccc2c34)c2c(c1OCCCO)C(=O)CC(c1ccc(O)cc1)O2. The summed E-state index contributed by atoms with van der Waals surface area (Å²) in [6, 6.07) is 17.3. The normalized spacial score (nSPS) is 17.6. The van der Waals surface area contributed by atoms with Crippen molar-refractivity contribution >= 4 is 27.5 Å². The van der Waals surface area contributed by atoms with Gasteiger partial charge in [0.15, 0.2) is 17.3 Å². The van der Waals surface area contributed by atoms with Crippen molar-refractivity contribution in [2.24, 2.45) is 0 Å². The molecule has 43 heavy (non-hydrogen) atoms. The first-order chi connectivity index (χ1) is 21.0. The van der Waals surface area contributed by atoms with Crippen LogP contribution in [0.15, 0.2) is 60.8 Å². The summed E-state index contributed by atoms with van der Waals surface area (Å²) in [5.74, 6) is 0.397. The minimum Gasteiger partial charge on any atom is -0.508 e. The Bertz CT molecular complexity index is 1860. The summed E-state index contributed by atoms with van der Waals surface area (Å²) in [4.78, 5) is 17.2. The summed E-state index contributed by atoms with van der Waals surface area (Å²) in [5.41, 5.74) is 5.13. The van der Waals surface area contributed by atoms with Crippen LogP contribution in [-0.2, 0) is 12.8 Å². The number of ether oxygens (including phenoxy) is 3. The average Bonchev–Trinajstić information content (AvgIpc) is 3.49. The van der Waals surface area contributed by atoms with Crippen molar-refractivity contribution in [3.8, 4) is 28.7 Å². The Hall–Kier alpha value is -4.69. The predicted molar refractivity (Wildman–Crippen MR) is 163 cm³/mol. The highest BCUT2D eigenvalue weighted by atomic mass is 16.5. The molecule has 0 radical (unpaired) electrons. The molecule has 8 nitrogen and oxygen atoms in total. The van der Waals surface area contributed by atoms with Gasteiger partial charge < -0.3 is 34.5 Å². The summed E-state index contributed by atoms with van der Waals surface area (Å²) in [6.07, 6.45) is 3.95. The van der Waals surface area contributed by atoms with E-state index in [1.165, 1.54) is 34.4 Å². The predicted octanol–water partition coefficient (Wildman–Crippen LogP) is 6.48. The van der Waals surface area contributed by atoms with Crippen LogP contribution in [0, 0.1) is 0 Å². The third-order valence-corrected chi connectivity index (χ3v) is 8.82. The number of benzene rings is 4. The molecule has 0 saturated heterocycles. The van der Waals surface area contributed by atoms with Gasteiger partial charge in [-0.05, 0) is 76.9 Å². The highest BCUT2D eigenvalue weighted by Crippen LogP contribution is 2.54. The van der Waals surface area contributed by atoms with Gasteiger partial charge in [-0.1, -0.05) is 30.3 Å². The first-order valence-corrected chi connectivity index (χ1v) is 14.7. The lowest BCUT2D eigenvalue weighted by molar-refractivity contribution is 0.0836. The summed E-state index contributed by atoms with van der Waals surface area (Å²) < 4.78 is 18.2. The van der Waals surface area contributed by atoms with E-state index in [0.717, 1.165) is 23.9 Å². The highest BCUT2D eigenvalue weighted by molar-refractivity contribution is 6.09. The Morgan fingerprint density at radius 2 is 1.88 bits per heavy atom. The molecule has 4 aromatic carbocycles. The molecule has 7 rings (SSSR count). The molecule has 2 unspecified atom stereocenters. The van der Waals surface area contributed by atoms with Gasteiger partial charge in [-0.25, -0.2) is 0 Å². The van der Waals surface area contributed by atoms with E-state index in [1.54, 1.807) is 24.3 Å². The molecule has 0 fully saturated rings. The van der Waals surface area contributed by atoms with E-state index in [2.05, 4.69) is 35.3 Å². The van der Waals surface area contributed by atoms with E-state index >= 15 is 0 Å². The Balaban J connectivity index is 1.37. The average molecular weight is 580 g/mol. The number of aliphatic hydroxyl groups excluding tert-OH is 1. The number of ketones is 1. The molecule has 1 aliphatic carbocycles. The van der Waals surface area contributed by atoms with E-state index in [9.17, 15) is 20.1 Å². The van der Waals surface area contributed by atoms with Crippen LogP contribution in [0.3, 0.4) is 0 Å².